The summed E-state index contributed by atoms with van der Waals surface area (Å²) in [6, 6.07) is 26.1. The summed E-state index contributed by atoms with van der Waals surface area (Å²) in [5.41, 5.74) is 2.99. The van der Waals surface area contributed by atoms with E-state index in [4.69, 9.17) is 4.74 Å². The molecule has 1 N–H and O–H groups in total. The second kappa shape index (κ2) is 7.93. The first-order valence-electron chi connectivity index (χ1n) is 7.91. The lowest BCUT2D eigenvalue weighted by atomic mass is 10.2. The smallest absolute Gasteiger partial charge is 0.255 e. The van der Waals surface area contributed by atoms with E-state index in [0.717, 1.165) is 11.3 Å². The van der Waals surface area contributed by atoms with Crippen LogP contribution in [0.4, 0.5) is 11.4 Å². The molecule has 4 heteroatoms. The molecule has 0 fully saturated rings. The second-order valence-corrected chi connectivity index (χ2v) is 5.35. The van der Waals surface area contributed by atoms with E-state index in [1.165, 1.54) is 0 Å². The fourth-order valence-corrected chi connectivity index (χ4v) is 2.34. The van der Waals surface area contributed by atoms with Crippen LogP contribution in [-0.4, -0.2) is 18.9 Å². The van der Waals surface area contributed by atoms with E-state index in [-0.39, 0.29) is 5.91 Å². The molecule has 0 spiro atoms. The largest absolute Gasteiger partial charge is 0.481 e. The van der Waals surface area contributed by atoms with Gasteiger partial charge >= 0.3 is 0 Å². The molecule has 3 aromatic carbocycles. The number of rotatable bonds is 4. The Labute approximate surface area is 146 Å². The summed E-state index contributed by atoms with van der Waals surface area (Å²) in [7, 11) is 1.60. The summed E-state index contributed by atoms with van der Waals surface area (Å²) in [6.07, 6.45) is 0. The highest BCUT2D eigenvalue weighted by molar-refractivity contribution is 6.04. The van der Waals surface area contributed by atoms with Crippen LogP contribution in [0.15, 0.2) is 89.9 Å². The zero-order valence-corrected chi connectivity index (χ0v) is 13.8. The van der Waals surface area contributed by atoms with E-state index in [9.17, 15) is 4.79 Å². The minimum absolute atomic E-state index is 0.140. The molecule has 0 saturated carbocycles. The van der Waals surface area contributed by atoms with Gasteiger partial charge in [-0.25, -0.2) is 4.99 Å². The molecular weight excluding hydrogens is 312 g/mol. The summed E-state index contributed by atoms with van der Waals surface area (Å²) in [5.74, 6) is 0.403. The zero-order valence-electron chi connectivity index (χ0n) is 13.8. The standard InChI is InChI=1S/C21H18N2O2/c1-25-21(17-10-6-3-7-11-17)23-19-14-12-18(13-15-19)22-20(24)16-8-4-2-5-9-16/h2-15H,1H3,(H,22,24). The highest BCUT2D eigenvalue weighted by Crippen LogP contribution is 2.19. The van der Waals surface area contributed by atoms with Crippen molar-refractivity contribution < 1.29 is 9.53 Å². The Morgan fingerprint density at radius 1 is 0.800 bits per heavy atom. The van der Waals surface area contributed by atoms with Gasteiger partial charge in [0.25, 0.3) is 5.91 Å². The summed E-state index contributed by atoms with van der Waals surface area (Å²) < 4.78 is 5.37. The fourth-order valence-electron chi connectivity index (χ4n) is 2.34. The zero-order chi connectivity index (χ0) is 17.5. The number of hydrogen-bond acceptors (Lipinski definition) is 3. The minimum Gasteiger partial charge on any atom is -0.481 e. The van der Waals surface area contributed by atoms with Crippen molar-refractivity contribution in [3.05, 3.63) is 96.1 Å². The molecule has 0 aliphatic carbocycles. The van der Waals surface area contributed by atoms with Crippen molar-refractivity contribution in [1.29, 1.82) is 0 Å². The van der Waals surface area contributed by atoms with Crippen molar-refractivity contribution in [2.45, 2.75) is 0 Å². The number of ether oxygens (including phenoxy) is 1. The lowest BCUT2D eigenvalue weighted by molar-refractivity contribution is 0.102. The van der Waals surface area contributed by atoms with Gasteiger partial charge in [0.2, 0.25) is 5.90 Å². The van der Waals surface area contributed by atoms with Crippen LogP contribution in [0.2, 0.25) is 0 Å². The third kappa shape index (κ3) is 4.32. The van der Waals surface area contributed by atoms with Crippen molar-refractivity contribution >= 4 is 23.2 Å². The lowest BCUT2D eigenvalue weighted by Gasteiger charge is -2.07. The summed E-state index contributed by atoms with van der Waals surface area (Å²) in [5, 5.41) is 2.87. The molecule has 0 saturated heterocycles. The Bertz CT molecular complexity index is 857. The van der Waals surface area contributed by atoms with Gasteiger partial charge in [-0.05, 0) is 48.5 Å². The molecule has 0 radical (unpaired) electrons. The van der Waals surface area contributed by atoms with Crippen molar-refractivity contribution in [1.82, 2.24) is 0 Å². The normalized spacial score (nSPS) is 11.0. The fraction of sp³-hybridized carbons (Fsp3) is 0.0476. The van der Waals surface area contributed by atoms with E-state index in [2.05, 4.69) is 10.3 Å². The lowest BCUT2D eigenvalue weighted by Crippen LogP contribution is -2.11. The molecule has 0 unspecified atom stereocenters. The molecule has 0 aliphatic heterocycles. The van der Waals surface area contributed by atoms with Crippen LogP contribution < -0.4 is 5.32 Å². The van der Waals surface area contributed by atoms with Gasteiger partial charge in [0.05, 0.1) is 12.8 Å². The van der Waals surface area contributed by atoms with Crippen LogP contribution in [0, 0.1) is 0 Å². The number of amides is 1. The van der Waals surface area contributed by atoms with Crippen LogP contribution in [0.5, 0.6) is 0 Å². The van der Waals surface area contributed by atoms with Gasteiger partial charge in [-0.3, -0.25) is 4.79 Å². The average molecular weight is 330 g/mol. The van der Waals surface area contributed by atoms with Crippen LogP contribution in [0.3, 0.4) is 0 Å². The van der Waals surface area contributed by atoms with Gasteiger partial charge in [-0.2, -0.15) is 0 Å². The van der Waals surface area contributed by atoms with Crippen LogP contribution in [0.25, 0.3) is 0 Å². The van der Waals surface area contributed by atoms with Crippen molar-refractivity contribution in [3.8, 4) is 0 Å². The second-order valence-electron chi connectivity index (χ2n) is 5.35. The van der Waals surface area contributed by atoms with E-state index in [1.54, 1.807) is 19.2 Å². The highest BCUT2D eigenvalue weighted by Gasteiger charge is 2.06. The number of anilines is 1. The van der Waals surface area contributed by atoms with Crippen molar-refractivity contribution in [3.63, 3.8) is 0 Å². The number of carbonyl (C=O) groups is 1. The van der Waals surface area contributed by atoms with E-state index < -0.39 is 0 Å². The van der Waals surface area contributed by atoms with Gasteiger partial charge in [0.15, 0.2) is 0 Å². The third-order valence-electron chi connectivity index (χ3n) is 3.61. The first kappa shape index (κ1) is 16.5. The maximum absolute atomic E-state index is 12.1. The minimum atomic E-state index is -0.140. The Kier molecular flexibility index (Phi) is 5.22. The van der Waals surface area contributed by atoms with Crippen molar-refractivity contribution in [2.24, 2.45) is 4.99 Å². The number of carbonyl (C=O) groups excluding carboxylic acids is 1. The summed E-state index contributed by atoms with van der Waals surface area (Å²) in [6.45, 7) is 0. The number of nitrogens with zero attached hydrogens (tertiary/aromatic N) is 1. The van der Waals surface area contributed by atoms with Crippen molar-refractivity contribution in [2.75, 3.05) is 12.4 Å². The predicted octanol–water partition coefficient (Wildman–Crippen LogP) is 4.66. The van der Waals surface area contributed by atoms with E-state index >= 15 is 0 Å². The molecule has 3 aromatic rings. The van der Waals surface area contributed by atoms with Gasteiger partial charge in [0.1, 0.15) is 0 Å². The molecule has 3 rings (SSSR count). The average Bonchev–Trinajstić information content (AvgIpc) is 2.68. The number of methoxy groups -OCH3 is 1. The van der Waals surface area contributed by atoms with Crippen LogP contribution in [0.1, 0.15) is 15.9 Å². The van der Waals surface area contributed by atoms with Crippen LogP contribution in [-0.2, 0) is 4.74 Å². The topological polar surface area (TPSA) is 50.7 Å². The Morgan fingerprint density at radius 2 is 1.36 bits per heavy atom. The monoisotopic (exact) mass is 330 g/mol. The molecule has 0 atom stereocenters. The summed E-state index contributed by atoms with van der Waals surface area (Å²) in [4.78, 5) is 16.7. The predicted molar refractivity (Wildman–Crippen MR) is 100 cm³/mol. The molecule has 1 amide bonds. The van der Waals surface area contributed by atoms with Gasteiger partial charge in [0, 0.05) is 16.8 Å². The van der Waals surface area contributed by atoms with Gasteiger partial charge < -0.3 is 10.1 Å². The Hall–Kier alpha value is -3.40. The number of benzene rings is 3. The molecule has 0 aromatic heterocycles. The van der Waals surface area contributed by atoms with Crippen LogP contribution >= 0.6 is 0 Å². The highest BCUT2D eigenvalue weighted by atomic mass is 16.5. The molecule has 4 nitrogen and oxygen atoms in total. The molecule has 0 bridgehead atoms. The SMILES string of the molecule is COC(=Nc1ccc(NC(=O)c2ccccc2)cc1)c1ccccc1. The first-order valence-corrected chi connectivity index (χ1v) is 7.91. The van der Waals surface area contributed by atoms with E-state index in [0.29, 0.717) is 17.1 Å². The molecule has 124 valence electrons. The molecule has 0 aliphatic rings. The number of nitrogens with one attached hydrogen (secondary N) is 1. The first-order chi connectivity index (χ1) is 12.3. The van der Waals surface area contributed by atoms with Gasteiger partial charge in [-0.1, -0.05) is 36.4 Å². The molecule has 0 heterocycles. The van der Waals surface area contributed by atoms with Gasteiger partial charge in [-0.15, -0.1) is 0 Å². The summed E-state index contributed by atoms with van der Waals surface area (Å²) >= 11 is 0. The molecular formula is C21H18N2O2. The Balaban J connectivity index is 1.74. The maximum Gasteiger partial charge on any atom is 0.255 e. The number of aliphatic imine (C=N–C) groups is 1. The Morgan fingerprint density at radius 3 is 1.92 bits per heavy atom. The quantitative estimate of drug-likeness (QED) is 0.558. The number of hydrogen-bond donors (Lipinski definition) is 1. The van der Waals surface area contributed by atoms with E-state index in [1.807, 2.05) is 72.8 Å². The maximum atomic E-state index is 12.1. The molecule has 25 heavy (non-hydrogen) atoms. The third-order valence-corrected chi connectivity index (χ3v) is 3.61.